The zero-order valence-corrected chi connectivity index (χ0v) is 6.63. The van der Waals surface area contributed by atoms with Crippen molar-refractivity contribution in [2.45, 2.75) is 0 Å². The largest absolute Gasteiger partial charge is 0.473 e. The smallest absolute Gasteiger partial charge is 0.414 e. The zero-order valence-electron chi connectivity index (χ0n) is 6.63. The van der Waals surface area contributed by atoms with Gasteiger partial charge in [-0.3, -0.25) is 0 Å². The highest BCUT2D eigenvalue weighted by Gasteiger charge is 2.04. The molecule has 0 aliphatic carbocycles. The van der Waals surface area contributed by atoms with Crippen LogP contribution in [-0.2, 0) is 19.2 Å². The van der Waals surface area contributed by atoms with Crippen LogP contribution >= 0.6 is 0 Å². The van der Waals surface area contributed by atoms with E-state index in [-0.39, 0.29) is 11.6 Å². The molecule has 9 N–H and O–H groups in total. The molecule has 0 unspecified atom stereocenters. The van der Waals surface area contributed by atoms with Crippen LogP contribution in [0.1, 0.15) is 0 Å². The lowest BCUT2D eigenvalue weighted by Gasteiger charge is -1.72. The van der Waals surface area contributed by atoms with E-state index in [1.54, 1.807) is 0 Å². The number of hydrogen-bond acceptors (Lipinski definition) is 5. The van der Waals surface area contributed by atoms with Crippen LogP contribution in [0.25, 0.3) is 0 Å². The van der Waals surface area contributed by atoms with E-state index >= 15 is 0 Å². The topological polar surface area (TPSA) is 216 Å². The van der Waals surface area contributed by atoms with Gasteiger partial charge in [-0.15, -0.1) is 0 Å². The monoisotopic (exact) mass is 215 g/mol. The van der Waals surface area contributed by atoms with Crippen molar-refractivity contribution in [3.05, 3.63) is 0 Å². The van der Waals surface area contributed by atoms with Gasteiger partial charge in [-0.1, -0.05) is 0 Å². The van der Waals surface area contributed by atoms with E-state index in [0.29, 0.717) is 0 Å². The minimum atomic E-state index is -1.82. The first-order chi connectivity index (χ1) is 5.29. The molecule has 0 bridgehead atoms. The molecule has 0 aromatic heterocycles. The normalized spacial score (nSPS) is 6.29. The average Bonchev–Trinajstić information content (AvgIpc) is 1.88. The summed E-state index contributed by atoms with van der Waals surface area (Å²) >= 11 is 0. The van der Waals surface area contributed by atoms with E-state index in [1.807, 2.05) is 0 Å². The van der Waals surface area contributed by atoms with Gasteiger partial charge < -0.3 is 32.1 Å². The first-order valence-corrected chi connectivity index (χ1v) is 2.21. The Morgan fingerprint density at radius 2 is 0.643 bits per heavy atom. The van der Waals surface area contributed by atoms with Gasteiger partial charge in [0.05, 0.1) is 0 Å². The maximum absolute atomic E-state index is 9.10. The first kappa shape index (κ1) is 22.6. The van der Waals surface area contributed by atoms with Gasteiger partial charge in [0.15, 0.2) is 0 Å². The molecule has 0 heterocycles. The van der Waals surface area contributed by atoms with Crippen molar-refractivity contribution in [1.29, 1.82) is 0 Å². The van der Waals surface area contributed by atoms with Crippen LogP contribution in [0.5, 0.6) is 0 Å². The third-order valence-electron chi connectivity index (χ3n) is 0.366. The molecule has 0 radical (unpaired) electrons. The van der Waals surface area contributed by atoms with E-state index in [2.05, 4.69) is 0 Å². The predicted molar refractivity (Wildman–Crippen MR) is 39.2 cm³/mol. The Balaban J connectivity index is -0.0000000625. The molecule has 0 fully saturated rings. The molecule has 0 aromatic rings. The van der Waals surface area contributed by atoms with Crippen LogP contribution in [0.15, 0.2) is 0 Å². The van der Waals surface area contributed by atoms with Gasteiger partial charge >= 0.3 is 23.9 Å². The van der Waals surface area contributed by atoms with Gasteiger partial charge in [0.25, 0.3) is 0 Å². The molecule has 0 saturated heterocycles. The number of carboxylic acid groups (broad SMARTS) is 4. The summed E-state index contributed by atoms with van der Waals surface area (Å²) in [6, 6.07) is 0. The summed E-state index contributed by atoms with van der Waals surface area (Å²) in [5.41, 5.74) is 0. The number of aliphatic carboxylic acids is 4. The average molecular weight is 215 g/mol. The molecule has 14 heavy (non-hydrogen) atoms. The summed E-state index contributed by atoms with van der Waals surface area (Å²) in [4.78, 5) is 36.4. The maximum Gasteiger partial charge on any atom is 0.414 e. The summed E-state index contributed by atoms with van der Waals surface area (Å²) in [5, 5.41) is 29.6. The van der Waals surface area contributed by atoms with Gasteiger partial charge in [0.2, 0.25) is 0 Å². The fraction of sp³-hybridized carbons (Fsp3) is 0. The second-order valence-corrected chi connectivity index (χ2v) is 1.22. The Kier molecular flexibility index (Phi) is 17.5. The summed E-state index contributed by atoms with van der Waals surface area (Å²) in [7, 11) is 0. The van der Waals surface area contributed by atoms with Gasteiger partial charge in [0, 0.05) is 0 Å². The number of carboxylic acids is 4. The van der Waals surface area contributed by atoms with Gasteiger partial charge in [-0.25, -0.2) is 19.2 Å². The van der Waals surface area contributed by atoms with E-state index in [1.165, 1.54) is 0 Å². The molecule has 84 valence electrons. The van der Waals surface area contributed by atoms with E-state index < -0.39 is 23.9 Å². The summed E-state index contributed by atoms with van der Waals surface area (Å²) in [6.07, 6.45) is 0. The molecule has 10 heteroatoms. The Labute approximate surface area is 76.3 Å². The molecule has 10 nitrogen and oxygen atoms in total. The number of hydrogen-bond donors (Lipinski definition) is 5. The van der Waals surface area contributed by atoms with Crippen LogP contribution in [0.4, 0.5) is 0 Å². The lowest BCUT2D eigenvalue weighted by Crippen LogP contribution is -2.09. The maximum atomic E-state index is 9.10. The summed E-state index contributed by atoms with van der Waals surface area (Å²) in [6.45, 7) is 0. The highest BCUT2D eigenvalue weighted by atomic mass is 16.4. The minimum absolute atomic E-state index is 0. The standard InChI is InChI=1S/2C2H2O4.H3N.H2O/c2*3-1(4)2(5)6;;/h2*(H,3,4)(H,5,6);1H3;1H2. The van der Waals surface area contributed by atoms with Crippen molar-refractivity contribution in [1.82, 2.24) is 6.15 Å². The third kappa shape index (κ3) is 22.6. The van der Waals surface area contributed by atoms with Gasteiger partial charge in [0.1, 0.15) is 0 Å². The van der Waals surface area contributed by atoms with Crippen molar-refractivity contribution < 1.29 is 45.1 Å². The molecule has 0 aromatic carbocycles. The molecule has 0 amide bonds. The van der Waals surface area contributed by atoms with Crippen LogP contribution in [0.2, 0.25) is 0 Å². The van der Waals surface area contributed by atoms with Crippen molar-refractivity contribution in [2.24, 2.45) is 0 Å². The molecule has 0 spiro atoms. The van der Waals surface area contributed by atoms with Crippen molar-refractivity contribution >= 4 is 23.9 Å². The molecule has 0 aliphatic rings. The lowest BCUT2D eigenvalue weighted by atomic mass is 10.7. The Morgan fingerprint density at radius 3 is 0.643 bits per heavy atom. The third-order valence-corrected chi connectivity index (χ3v) is 0.366. The van der Waals surface area contributed by atoms with Crippen molar-refractivity contribution in [2.75, 3.05) is 0 Å². The summed E-state index contributed by atoms with van der Waals surface area (Å²) in [5.74, 6) is -7.30. The lowest BCUT2D eigenvalue weighted by molar-refractivity contribution is -0.159. The molecule has 0 saturated carbocycles. The van der Waals surface area contributed by atoms with Crippen LogP contribution < -0.4 is 6.15 Å². The van der Waals surface area contributed by atoms with Gasteiger partial charge in [-0.05, 0) is 0 Å². The number of carbonyl (C=O) groups is 4. The quantitative estimate of drug-likeness (QED) is 0.272. The number of rotatable bonds is 0. The van der Waals surface area contributed by atoms with E-state index in [0.717, 1.165) is 0 Å². The summed E-state index contributed by atoms with van der Waals surface area (Å²) < 4.78 is 0. The fourth-order valence-electron chi connectivity index (χ4n) is 0. The highest BCUT2D eigenvalue weighted by molar-refractivity contribution is 6.27. The highest BCUT2D eigenvalue weighted by Crippen LogP contribution is 1.56. The Bertz CT molecular complexity index is 173. The van der Waals surface area contributed by atoms with Crippen LogP contribution in [0, 0.1) is 0 Å². The molecular weight excluding hydrogens is 206 g/mol. The van der Waals surface area contributed by atoms with E-state index in [4.69, 9.17) is 39.6 Å². The Morgan fingerprint density at radius 1 is 0.571 bits per heavy atom. The minimum Gasteiger partial charge on any atom is -0.473 e. The predicted octanol–water partition coefficient (Wildman–Crippen LogP) is -2.35. The molecular formula is C4H9NO9. The zero-order chi connectivity index (χ0) is 10.3. The van der Waals surface area contributed by atoms with Crippen LogP contribution in [0.3, 0.4) is 0 Å². The van der Waals surface area contributed by atoms with E-state index in [9.17, 15) is 0 Å². The molecule has 0 atom stereocenters. The second-order valence-electron chi connectivity index (χ2n) is 1.22. The Hall–Kier alpha value is -2.20. The first-order valence-electron chi connectivity index (χ1n) is 2.21. The fourth-order valence-corrected chi connectivity index (χ4v) is 0. The second kappa shape index (κ2) is 10.8. The van der Waals surface area contributed by atoms with Crippen LogP contribution in [-0.4, -0.2) is 49.8 Å². The van der Waals surface area contributed by atoms with Gasteiger partial charge in [-0.2, -0.15) is 0 Å². The van der Waals surface area contributed by atoms with Crippen molar-refractivity contribution in [3.8, 4) is 0 Å². The SMILES string of the molecule is N.O.O=C(O)C(=O)O.O=C(O)C(=O)O. The molecule has 0 aliphatic heterocycles. The molecule has 0 rings (SSSR count). The van der Waals surface area contributed by atoms with Crippen molar-refractivity contribution in [3.63, 3.8) is 0 Å².